The second kappa shape index (κ2) is 8.05. The highest BCUT2D eigenvalue weighted by atomic mass is 16.7. The van der Waals surface area contributed by atoms with Gasteiger partial charge >= 0.3 is 0 Å². The Labute approximate surface area is 170 Å². The van der Waals surface area contributed by atoms with Crippen LogP contribution in [0.4, 0.5) is 0 Å². The van der Waals surface area contributed by atoms with Crippen LogP contribution in [0.1, 0.15) is 0 Å². The van der Waals surface area contributed by atoms with Crippen LogP contribution in [0, 0.1) is 0 Å². The minimum Gasteiger partial charge on any atom is -0.508 e. The van der Waals surface area contributed by atoms with Crippen molar-refractivity contribution in [3.05, 3.63) is 59.0 Å². The van der Waals surface area contributed by atoms with E-state index in [1.54, 1.807) is 12.1 Å². The summed E-state index contributed by atoms with van der Waals surface area (Å²) in [6.07, 6.45) is -5.75. The summed E-state index contributed by atoms with van der Waals surface area (Å²) in [4.78, 5) is 12.8. The van der Waals surface area contributed by atoms with Gasteiger partial charge in [0.1, 0.15) is 47.8 Å². The topological polar surface area (TPSA) is 150 Å². The Morgan fingerprint density at radius 3 is 2.40 bits per heavy atom. The van der Waals surface area contributed by atoms with E-state index in [-0.39, 0.29) is 22.5 Å². The number of hydrogen-bond donors (Lipinski definition) is 5. The maximum Gasteiger partial charge on any atom is 0.229 e. The zero-order chi connectivity index (χ0) is 21.4. The molecule has 4 rings (SSSR count). The Hall–Kier alpha value is -2.95. The number of benzene rings is 2. The molecule has 2 heterocycles. The van der Waals surface area contributed by atoms with Crippen molar-refractivity contribution in [1.82, 2.24) is 0 Å². The number of ether oxygens (including phenoxy) is 2. The van der Waals surface area contributed by atoms with E-state index in [4.69, 9.17) is 13.9 Å². The quantitative estimate of drug-likeness (QED) is 0.406. The molecule has 0 amide bonds. The Bertz CT molecular complexity index is 1090. The molecule has 1 aliphatic heterocycles. The van der Waals surface area contributed by atoms with Gasteiger partial charge in [-0.05, 0) is 29.8 Å². The van der Waals surface area contributed by atoms with Crippen molar-refractivity contribution in [3.63, 3.8) is 0 Å². The van der Waals surface area contributed by atoms with Gasteiger partial charge in [-0.25, -0.2) is 0 Å². The first-order valence-electron chi connectivity index (χ1n) is 9.21. The average Bonchev–Trinajstić information content (AvgIpc) is 2.75. The van der Waals surface area contributed by atoms with Crippen LogP contribution in [0.5, 0.6) is 11.5 Å². The predicted molar refractivity (Wildman–Crippen MR) is 104 cm³/mol. The van der Waals surface area contributed by atoms with Crippen molar-refractivity contribution in [1.29, 1.82) is 0 Å². The van der Waals surface area contributed by atoms with Crippen LogP contribution in [-0.4, -0.2) is 62.8 Å². The third-order valence-electron chi connectivity index (χ3n) is 5.03. The van der Waals surface area contributed by atoms with Gasteiger partial charge in [-0.15, -0.1) is 0 Å². The minimum atomic E-state index is -1.56. The van der Waals surface area contributed by atoms with E-state index in [1.165, 1.54) is 36.6 Å². The van der Waals surface area contributed by atoms with Crippen molar-refractivity contribution < 1.29 is 39.4 Å². The first kappa shape index (κ1) is 20.3. The molecule has 0 unspecified atom stereocenters. The molecule has 0 spiro atoms. The zero-order valence-corrected chi connectivity index (χ0v) is 15.6. The van der Waals surface area contributed by atoms with E-state index in [2.05, 4.69) is 0 Å². The molecule has 9 heteroatoms. The normalized spacial score (nSPS) is 26.6. The van der Waals surface area contributed by atoms with Gasteiger partial charge in [-0.1, -0.05) is 12.1 Å². The van der Waals surface area contributed by atoms with E-state index in [0.717, 1.165) is 0 Å². The van der Waals surface area contributed by atoms with Crippen LogP contribution in [0.15, 0.2) is 57.9 Å². The van der Waals surface area contributed by atoms with Gasteiger partial charge in [-0.3, -0.25) is 4.79 Å². The third kappa shape index (κ3) is 3.64. The SMILES string of the molecule is O=c1c(-c2ccc(O)cc2)coc2cc(O[C@H]3O[C@H](CO)[C@@H](O)[C@@H](O)[C@H]3O)ccc12. The largest absolute Gasteiger partial charge is 0.508 e. The smallest absolute Gasteiger partial charge is 0.229 e. The number of aliphatic hydroxyl groups is 4. The van der Waals surface area contributed by atoms with Crippen LogP contribution in [-0.2, 0) is 4.74 Å². The molecule has 9 nitrogen and oxygen atoms in total. The standard InChI is InChI=1S/C21H20O9/c22-8-16-18(25)19(26)20(27)21(30-16)29-12-5-6-13-15(7-12)28-9-14(17(13)24)10-1-3-11(23)4-2-10/h1-7,9,16,18-23,25-27H,8H2/t16-,18-,19-,20-,21+/m1/s1. The van der Waals surface area contributed by atoms with Crippen molar-refractivity contribution in [2.45, 2.75) is 30.7 Å². The van der Waals surface area contributed by atoms with Crippen LogP contribution >= 0.6 is 0 Å². The summed E-state index contributed by atoms with van der Waals surface area (Å²) in [5, 5.41) is 48.7. The Morgan fingerprint density at radius 1 is 0.967 bits per heavy atom. The Kier molecular flexibility index (Phi) is 5.46. The molecule has 0 saturated carbocycles. The van der Waals surface area contributed by atoms with Gasteiger partial charge in [0.05, 0.1) is 17.6 Å². The first-order chi connectivity index (χ1) is 14.4. The lowest BCUT2D eigenvalue weighted by Crippen LogP contribution is -2.60. The molecule has 5 atom stereocenters. The lowest BCUT2D eigenvalue weighted by atomic mass is 9.99. The number of phenols is 1. The molecule has 30 heavy (non-hydrogen) atoms. The van der Waals surface area contributed by atoms with Crippen molar-refractivity contribution >= 4 is 11.0 Å². The minimum absolute atomic E-state index is 0.0823. The first-order valence-corrected chi connectivity index (χ1v) is 9.21. The van der Waals surface area contributed by atoms with Gasteiger partial charge in [0.15, 0.2) is 5.43 Å². The van der Waals surface area contributed by atoms with Crippen LogP contribution in [0.2, 0.25) is 0 Å². The van der Waals surface area contributed by atoms with E-state index in [9.17, 15) is 30.3 Å². The molecule has 3 aromatic rings. The van der Waals surface area contributed by atoms with E-state index < -0.39 is 37.3 Å². The average molecular weight is 416 g/mol. The van der Waals surface area contributed by atoms with Crippen molar-refractivity contribution in [2.24, 2.45) is 0 Å². The fraction of sp³-hybridized carbons (Fsp3) is 0.286. The van der Waals surface area contributed by atoms with Crippen LogP contribution in [0.3, 0.4) is 0 Å². The molecule has 1 fully saturated rings. The van der Waals surface area contributed by atoms with Crippen LogP contribution in [0.25, 0.3) is 22.1 Å². The highest BCUT2D eigenvalue weighted by Gasteiger charge is 2.44. The Balaban J connectivity index is 1.62. The lowest BCUT2D eigenvalue weighted by molar-refractivity contribution is -0.277. The van der Waals surface area contributed by atoms with Gasteiger partial charge in [-0.2, -0.15) is 0 Å². The fourth-order valence-corrected chi connectivity index (χ4v) is 3.32. The van der Waals surface area contributed by atoms with Crippen molar-refractivity contribution in [3.8, 4) is 22.6 Å². The Morgan fingerprint density at radius 2 is 1.70 bits per heavy atom. The number of fused-ring (bicyclic) bond motifs is 1. The molecule has 0 bridgehead atoms. The molecular formula is C21H20O9. The second-order valence-corrected chi connectivity index (χ2v) is 7.00. The molecule has 1 saturated heterocycles. The van der Waals surface area contributed by atoms with Gasteiger partial charge < -0.3 is 39.4 Å². The molecule has 5 N–H and O–H groups in total. The monoisotopic (exact) mass is 416 g/mol. The number of aromatic hydroxyl groups is 1. The highest BCUT2D eigenvalue weighted by Crippen LogP contribution is 2.27. The zero-order valence-electron chi connectivity index (χ0n) is 15.6. The molecule has 1 aromatic heterocycles. The maximum absolute atomic E-state index is 12.8. The number of hydrogen-bond acceptors (Lipinski definition) is 9. The summed E-state index contributed by atoms with van der Waals surface area (Å²) < 4.78 is 16.4. The second-order valence-electron chi connectivity index (χ2n) is 7.00. The maximum atomic E-state index is 12.8. The van der Waals surface area contributed by atoms with Crippen molar-refractivity contribution in [2.75, 3.05) is 6.61 Å². The summed E-state index contributed by atoms with van der Waals surface area (Å²) in [5.41, 5.74) is 0.862. The number of phenolic OH excluding ortho intramolecular Hbond substituents is 1. The van der Waals surface area contributed by atoms with Gasteiger partial charge in [0.2, 0.25) is 6.29 Å². The van der Waals surface area contributed by atoms with E-state index >= 15 is 0 Å². The molecular weight excluding hydrogens is 396 g/mol. The summed E-state index contributed by atoms with van der Waals surface area (Å²) in [7, 11) is 0. The van der Waals surface area contributed by atoms with E-state index in [0.29, 0.717) is 16.5 Å². The summed E-state index contributed by atoms with van der Waals surface area (Å²) in [5.74, 6) is 0.270. The van der Waals surface area contributed by atoms with Gasteiger partial charge in [0, 0.05) is 6.07 Å². The molecule has 158 valence electrons. The summed E-state index contributed by atoms with van der Waals surface area (Å²) >= 11 is 0. The third-order valence-corrected chi connectivity index (χ3v) is 5.03. The van der Waals surface area contributed by atoms with Gasteiger partial charge in [0.25, 0.3) is 0 Å². The highest BCUT2D eigenvalue weighted by molar-refractivity contribution is 5.82. The molecule has 0 aliphatic carbocycles. The lowest BCUT2D eigenvalue weighted by Gasteiger charge is -2.39. The summed E-state index contributed by atoms with van der Waals surface area (Å²) in [6, 6.07) is 10.5. The molecule has 2 aromatic carbocycles. The number of rotatable bonds is 4. The molecule has 1 aliphatic rings. The fourth-order valence-electron chi connectivity index (χ4n) is 3.32. The predicted octanol–water partition coefficient (Wildman–Crippen LogP) is 0.344. The summed E-state index contributed by atoms with van der Waals surface area (Å²) in [6.45, 7) is -0.572. The van der Waals surface area contributed by atoms with E-state index in [1.807, 2.05) is 0 Å². The molecule has 0 radical (unpaired) electrons. The van der Waals surface area contributed by atoms with Crippen LogP contribution < -0.4 is 10.2 Å². The number of aliphatic hydroxyl groups excluding tert-OH is 4.